The van der Waals surface area contributed by atoms with Crippen molar-refractivity contribution in [3.05, 3.63) is 113 Å². The van der Waals surface area contributed by atoms with Gasteiger partial charge in [-0.05, 0) is 72.7 Å². The fraction of sp³-hybridized carbons (Fsp3) is 0.200. The molecular weight excluding hydrogens is 506 g/mol. The second kappa shape index (κ2) is 12.0. The summed E-state index contributed by atoms with van der Waals surface area (Å²) < 4.78 is 56.9. The minimum Gasteiger partial charge on any atom is -0.383 e. The van der Waals surface area contributed by atoms with E-state index in [2.05, 4.69) is 28.3 Å². The number of para-hydroxylation sites is 1. The van der Waals surface area contributed by atoms with Gasteiger partial charge in [0, 0.05) is 47.0 Å². The Morgan fingerprint density at radius 3 is 2.44 bits per heavy atom. The number of hydrogen-bond donors (Lipinski definition) is 4. The first-order chi connectivity index (χ1) is 18.7. The molecule has 0 aliphatic heterocycles. The first kappa shape index (κ1) is 27.6. The number of halogens is 4. The number of nitrogens with zero attached hydrogens (tertiary/aromatic N) is 1. The zero-order chi connectivity index (χ0) is 28.0. The van der Waals surface area contributed by atoms with Crippen LogP contribution in [-0.2, 0) is 6.42 Å². The molecule has 0 saturated heterocycles. The van der Waals surface area contributed by atoms with Gasteiger partial charge in [-0.15, -0.1) is 0 Å². The maximum Gasteiger partial charge on any atom is 0.431 e. The second-order valence-electron chi connectivity index (χ2n) is 9.21. The van der Waals surface area contributed by atoms with Gasteiger partial charge in [-0.25, -0.2) is 9.37 Å². The quantitative estimate of drug-likeness (QED) is 0.128. The molecule has 0 amide bonds. The highest BCUT2D eigenvalue weighted by Gasteiger charge is 2.37. The fourth-order valence-electron chi connectivity index (χ4n) is 4.59. The number of anilines is 3. The summed E-state index contributed by atoms with van der Waals surface area (Å²) in [5.41, 5.74) is 7.95. The molecule has 3 aromatic rings. The van der Waals surface area contributed by atoms with Crippen LogP contribution in [0.4, 0.5) is 34.8 Å². The Bertz CT molecular complexity index is 1430. The number of hydrogen-bond acceptors (Lipinski definition) is 5. The van der Waals surface area contributed by atoms with Crippen molar-refractivity contribution in [2.24, 2.45) is 0 Å². The van der Waals surface area contributed by atoms with Gasteiger partial charge in [0.25, 0.3) is 0 Å². The first-order valence-corrected chi connectivity index (χ1v) is 12.5. The summed E-state index contributed by atoms with van der Waals surface area (Å²) in [6.07, 6.45) is 3.83. The Hall–Kier alpha value is -4.40. The first-order valence-electron chi connectivity index (χ1n) is 12.5. The van der Waals surface area contributed by atoms with Gasteiger partial charge in [-0.3, -0.25) is 0 Å². The number of pyridine rings is 1. The van der Waals surface area contributed by atoms with E-state index in [1.165, 1.54) is 18.2 Å². The van der Waals surface area contributed by atoms with Crippen LogP contribution < -0.4 is 16.4 Å². The van der Waals surface area contributed by atoms with Crippen molar-refractivity contribution >= 4 is 29.0 Å². The molecule has 0 radical (unpaired) electrons. The monoisotopic (exact) mass is 535 g/mol. The zero-order valence-electron chi connectivity index (χ0n) is 21.2. The third kappa shape index (κ3) is 6.73. The summed E-state index contributed by atoms with van der Waals surface area (Å²) >= 11 is 0. The number of aromatic nitrogens is 1. The molecule has 1 aliphatic rings. The average molecular weight is 536 g/mol. The lowest BCUT2D eigenvalue weighted by molar-refractivity contribution is -0.0906. The molecule has 202 valence electrons. The topological polar surface area (TPSA) is 86.8 Å². The van der Waals surface area contributed by atoms with E-state index in [0.717, 1.165) is 42.4 Å². The van der Waals surface area contributed by atoms with Gasteiger partial charge in [0.1, 0.15) is 17.3 Å². The molecule has 2 aromatic carbocycles. The predicted molar refractivity (Wildman–Crippen MR) is 149 cm³/mol. The van der Waals surface area contributed by atoms with E-state index >= 15 is 4.39 Å². The average Bonchev–Trinajstić information content (AvgIpc) is 2.91. The van der Waals surface area contributed by atoms with Crippen molar-refractivity contribution in [1.29, 1.82) is 5.41 Å². The summed E-state index contributed by atoms with van der Waals surface area (Å²) in [5, 5.41) is 12.7. The van der Waals surface area contributed by atoms with Crippen LogP contribution in [0, 0.1) is 11.2 Å². The van der Waals surface area contributed by atoms with Crippen molar-refractivity contribution in [2.75, 3.05) is 16.4 Å². The predicted octanol–water partition coefficient (Wildman–Crippen LogP) is 7.85. The summed E-state index contributed by atoms with van der Waals surface area (Å²) in [6.45, 7) is 3.68. The molecule has 0 bridgehead atoms. The van der Waals surface area contributed by atoms with Gasteiger partial charge < -0.3 is 21.8 Å². The maximum absolute atomic E-state index is 15.2. The van der Waals surface area contributed by atoms with Crippen LogP contribution >= 0.6 is 0 Å². The van der Waals surface area contributed by atoms with Crippen LogP contribution in [0.15, 0.2) is 90.4 Å². The van der Waals surface area contributed by atoms with Gasteiger partial charge in [0.05, 0.1) is 0 Å². The number of alkyl halides is 3. The minimum absolute atomic E-state index is 0.200. The molecule has 9 heteroatoms. The highest BCUT2D eigenvalue weighted by molar-refractivity contribution is 5.86. The van der Waals surface area contributed by atoms with E-state index in [9.17, 15) is 13.2 Å². The van der Waals surface area contributed by atoms with Gasteiger partial charge in [0.2, 0.25) is 0 Å². The third-order valence-corrected chi connectivity index (χ3v) is 6.47. The van der Waals surface area contributed by atoms with Crippen LogP contribution in [-0.4, -0.2) is 17.4 Å². The fourth-order valence-corrected chi connectivity index (χ4v) is 4.59. The Balaban J connectivity index is 1.57. The summed E-state index contributed by atoms with van der Waals surface area (Å²) in [7, 11) is 0. The molecule has 0 saturated carbocycles. The van der Waals surface area contributed by atoms with E-state index < -0.39 is 23.3 Å². The van der Waals surface area contributed by atoms with Crippen molar-refractivity contribution in [3.63, 3.8) is 0 Å². The molecule has 5 nitrogen and oxygen atoms in total. The zero-order valence-corrected chi connectivity index (χ0v) is 21.2. The van der Waals surface area contributed by atoms with Gasteiger partial charge in [-0.2, -0.15) is 13.2 Å². The smallest absolute Gasteiger partial charge is 0.383 e. The molecular formula is C30H29F4N5. The maximum atomic E-state index is 15.2. The number of nitrogens with two attached hydrogens (primary N) is 1. The van der Waals surface area contributed by atoms with E-state index in [1.54, 1.807) is 36.5 Å². The summed E-state index contributed by atoms with van der Waals surface area (Å²) in [6, 6.07) is 14.0. The molecule has 0 spiro atoms. The Labute approximate surface area is 224 Å². The standard InChI is InChI=1S/C30H29F4N5/c1-19(25(18-35)28(30(32,33)34)39-23-10-6-3-7-11-23)38-24-13-12-21(26(31)17-24)16-22-14-15-37-29(36)27(22)20-8-4-2-5-9-20/h3,6-8,10-15,17-18,35,38-39H,1-2,4-5,9,16H2,(H2,36,37)/b28-25+,35-18?. The van der Waals surface area contributed by atoms with E-state index in [0.29, 0.717) is 17.6 Å². The molecule has 1 heterocycles. The third-order valence-electron chi connectivity index (χ3n) is 6.47. The molecule has 0 unspecified atom stereocenters. The molecule has 5 N–H and O–H groups in total. The Kier molecular flexibility index (Phi) is 8.49. The Morgan fingerprint density at radius 2 is 1.79 bits per heavy atom. The van der Waals surface area contributed by atoms with Crippen LogP contribution in [0.5, 0.6) is 0 Å². The lowest BCUT2D eigenvalue weighted by Gasteiger charge is -2.20. The number of nitrogens with one attached hydrogen (secondary N) is 3. The number of nitrogen functional groups attached to an aromatic ring is 1. The molecule has 39 heavy (non-hydrogen) atoms. The van der Waals surface area contributed by atoms with Crippen LogP contribution in [0.1, 0.15) is 42.4 Å². The summed E-state index contributed by atoms with van der Waals surface area (Å²) in [4.78, 5) is 4.22. The molecule has 1 aliphatic carbocycles. The lowest BCUT2D eigenvalue weighted by atomic mass is 9.89. The highest BCUT2D eigenvalue weighted by Crippen LogP contribution is 2.34. The molecule has 1 aromatic heterocycles. The van der Waals surface area contributed by atoms with Crippen molar-refractivity contribution < 1.29 is 17.6 Å². The second-order valence-corrected chi connectivity index (χ2v) is 9.21. The number of benzene rings is 2. The van der Waals surface area contributed by atoms with Gasteiger partial charge in [-0.1, -0.05) is 36.9 Å². The van der Waals surface area contributed by atoms with Gasteiger partial charge >= 0.3 is 6.18 Å². The van der Waals surface area contributed by atoms with Crippen LogP contribution in [0.3, 0.4) is 0 Å². The van der Waals surface area contributed by atoms with Crippen molar-refractivity contribution in [3.8, 4) is 0 Å². The molecule has 4 rings (SSSR count). The molecule has 0 fully saturated rings. The van der Waals surface area contributed by atoms with Crippen molar-refractivity contribution in [1.82, 2.24) is 4.98 Å². The van der Waals surface area contributed by atoms with Crippen LogP contribution in [0.25, 0.3) is 5.57 Å². The summed E-state index contributed by atoms with van der Waals surface area (Å²) in [5.74, 6) is -0.128. The van der Waals surface area contributed by atoms with Crippen LogP contribution in [0.2, 0.25) is 0 Å². The molecule has 0 atom stereocenters. The van der Waals surface area contributed by atoms with Gasteiger partial charge in [0.15, 0.2) is 0 Å². The highest BCUT2D eigenvalue weighted by atomic mass is 19.4. The normalized spacial score (nSPS) is 14.2. The Morgan fingerprint density at radius 1 is 1.03 bits per heavy atom. The van der Waals surface area contributed by atoms with E-state index in [-0.39, 0.29) is 23.5 Å². The SMILES string of the molecule is C=C(Nc1ccc(Cc2ccnc(N)c2C2=CCCCC2)c(F)c1)/C(C=N)=C(/Nc1ccccc1)C(F)(F)F. The van der Waals surface area contributed by atoms with E-state index in [4.69, 9.17) is 11.1 Å². The minimum atomic E-state index is -4.79. The lowest BCUT2D eigenvalue weighted by Crippen LogP contribution is -2.23. The number of allylic oxidation sites excluding steroid dienone is 4. The van der Waals surface area contributed by atoms with Crippen molar-refractivity contribution in [2.45, 2.75) is 38.3 Å². The number of rotatable bonds is 9. The largest absolute Gasteiger partial charge is 0.431 e. The van der Waals surface area contributed by atoms with E-state index in [1.807, 2.05) is 6.07 Å².